The van der Waals surface area contributed by atoms with Gasteiger partial charge >= 0.3 is 162 Å². The number of nitrogens with one attached hydrogen (secondary N) is 3. The average Bonchev–Trinajstić information content (AvgIpc) is 2.96. The van der Waals surface area contributed by atoms with Crippen molar-refractivity contribution in [2.24, 2.45) is 17.8 Å². The zero-order chi connectivity index (χ0) is 18.3. The van der Waals surface area contributed by atoms with E-state index >= 15 is 0 Å². The van der Waals surface area contributed by atoms with Crippen molar-refractivity contribution in [2.45, 2.75) is 59.5 Å². The topological polar surface area (TPSA) is 36.1 Å². The summed E-state index contributed by atoms with van der Waals surface area (Å²) in [7, 11) is 0. The van der Waals surface area contributed by atoms with Crippen LogP contribution in [-0.2, 0) is 21.1 Å². The van der Waals surface area contributed by atoms with Crippen LogP contribution in [0.25, 0.3) is 0 Å². The molecular weight excluding hydrogens is 434 g/mol. The van der Waals surface area contributed by atoms with Crippen molar-refractivity contribution in [3.63, 3.8) is 0 Å². The third kappa shape index (κ3) is 7.19. The van der Waals surface area contributed by atoms with Crippen molar-refractivity contribution >= 4 is 14.3 Å². The Morgan fingerprint density at radius 1 is 0.875 bits per heavy atom. The van der Waals surface area contributed by atoms with Crippen molar-refractivity contribution in [1.29, 1.82) is 0 Å². The van der Waals surface area contributed by atoms with E-state index in [1.54, 1.807) is 7.69 Å². The number of rotatable bonds is 11. The second kappa shape index (κ2) is 10.8. The van der Waals surface area contributed by atoms with E-state index in [0.29, 0.717) is 17.8 Å². The Kier molecular flexibility index (Phi) is 10.3. The quantitative estimate of drug-likeness (QED) is 0.398. The van der Waals surface area contributed by atoms with Gasteiger partial charge in [-0.05, 0) is 0 Å². The van der Waals surface area contributed by atoms with Crippen LogP contribution in [0.1, 0.15) is 48.0 Å². The van der Waals surface area contributed by atoms with E-state index in [9.17, 15) is 0 Å². The summed E-state index contributed by atoms with van der Waals surface area (Å²) in [6, 6.07) is 0. The van der Waals surface area contributed by atoms with Crippen LogP contribution in [0.4, 0.5) is 0 Å². The molecule has 0 saturated carbocycles. The van der Waals surface area contributed by atoms with Crippen LogP contribution in [0.3, 0.4) is 0 Å². The molecule has 0 radical (unpaired) electrons. The Balaban J connectivity index is 3.18. The zero-order valence-electron chi connectivity index (χ0n) is 17.3. The molecule has 140 valence electrons. The van der Waals surface area contributed by atoms with E-state index in [1.165, 1.54) is 0 Å². The van der Waals surface area contributed by atoms with Crippen LogP contribution in [0.5, 0.6) is 0 Å². The number of allylic oxidation sites excluding steroid dienone is 4. The molecule has 0 atom stereocenters. The van der Waals surface area contributed by atoms with Crippen molar-refractivity contribution in [2.75, 3.05) is 19.6 Å². The van der Waals surface area contributed by atoms with Crippen LogP contribution in [-0.4, -0.2) is 34.0 Å². The predicted octanol–water partition coefficient (Wildman–Crippen LogP) is 3.86. The van der Waals surface area contributed by atoms with Gasteiger partial charge in [-0.15, -0.1) is 0 Å². The van der Waals surface area contributed by atoms with Gasteiger partial charge < -0.3 is 0 Å². The fourth-order valence-electron chi connectivity index (χ4n) is 3.01. The molecule has 0 aliphatic heterocycles. The summed E-state index contributed by atoms with van der Waals surface area (Å²) in [5.41, 5.74) is 0. The van der Waals surface area contributed by atoms with Crippen LogP contribution < -0.4 is 9.78 Å². The summed E-state index contributed by atoms with van der Waals surface area (Å²) in [6.07, 6.45) is 6.03. The van der Waals surface area contributed by atoms with Crippen molar-refractivity contribution < 1.29 is 21.1 Å². The average molecular weight is 475 g/mol. The molecule has 0 amide bonds. The fraction of sp³-hybridized carbons (Fsp3) is 0.789. The molecule has 0 spiro atoms. The summed E-state index contributed by atoms with van der Waals surface area (Å²) < 4.78 is 15.8. The first-order chi connectivity index (χ1) is 11.2. The summed E-state index contributed by atoms with van der Waals surface area (Å²) >= 11 is -4.28. The molecule has 24 heavy (non-hydrogen) atoms. The number of hydrogen-bond donors (Lipinski definition) is 3. The van der Waals surface area contributed by atoms with Gasteiger partial charge in [-0.1, -0.05) is 0 Å². The number of hydrogen-bond acceptors (Lipinski definition) is 3. The van der Waals surface area contributed by atoms with E-state index in [0.717, 1.165) is 26.1 Å². The first-order valence-corrected chi connectivity index (χ1v) is 20.8. The van der Waals surface area contributed by atoms with Gasteiger partial charge in [-0.25, -0.2) is 0 Å². The minimum absolute atomic E-state index is 0.682. The molecule has 5 heteroatoms. The molecule has 0 saturated heterocycles. The zero-order valence-corrected chi connectivity index (χ0v) is 22.2. The molecule has 3 N–H and O–H groups in total. The van der Waals surface area contributed by atoms with Gasteiger partial charge in [-0.3, -0.25) is 0 Å². The van der Waals surface area contributed by atoms with Gasteiger partial charge in [-0.2, -0.15) is 0 Å². The predicted molar refractivity (Wildman–Crippen MR) is 108 cm³/mol. The molecule has 0 unspecified atom stereocenters. The summed E-state index contributed by atoms with van der Waals surface area (Å²) in [4.78, 5) is 0. The molecule has 0 fully saturated rings. The third-order valence-corrected chi connectivity index (χ3v) is 18.5. The van der Waals surface area contributed by atoms with Crippen molar-refractivity contribution in [1.82, 2.24) is 9.78 Å². The first kappa shape index (κ1) is 22.8. The fourth-order valence-corrected chi connectivity index (χ4v) is 22.3. The van der Waals surface area contributed by atoms with Gasteiger partial charge in [0.05, 0.1) is 0 Å². The van der Waals surface area contributed by atoms with Crippen LogP contribution in [0, 0.1) is 17.8 Å². The summed E-state index contributed by atoms with van der Waals surface area (Å²) in [6.45, 7) is 17.2. The van der Waals surface area contributed by atoms with E-state index in [4.69, 9.17) is 0 Å². The third-order valence-electron chi connectivity index (χ3n) is 4.37. The van der Waals surface area contributed by atoms with Gasteiger partial charge in [0.15, 0.2) is 0 Å². The standard InChI is InChI=1S/C7H11Ge.3C4H10N.Zr/c1-8(2)7-5-3-4-6-7;3*1-4(2)3-5;/h3,5,8H,4H2,1-2H3;3*4-5H,3H2,1-2H3;/q;3*-1;+3. The molecule has 1 aliphatic carbocycles. The van der Waals surface area contributed by atoms with Gasteiger partial charge in [0.1, 0.15) is 0 Å². The Hall–Kier alpha value is 0.786. The van der Waals surface area contributed by atoms with Crippen LogP contribution in [0.2, 0.25) is 11.5 Å². The van der Waals surface area contributed by atoms with E-state index in [1.807, 2.05) is 0 Å². The van der Waals surface area contributed by atoms with Gasteiger partial charge in [0.2, 0.25) is 0 Å². The Bertz CT molecular complexity index is 411. The molecule has 0 aromatic carbocycles. The minimum atomic E-state index is -2.99. The summed E-state index contributed by atoms with van der Waals surface area (Å²) in [5, 5.41) is 0. The molecule has 0 bridgehead atoms. The van der Waals surface area contributed by atoms with Crippen LogP contribution >= 0.6 is 0 Å². The molecule has 1 rings (SSSR count). The normalized spacial score (nSPS) is 15.8. The van der Waals surface area contributed by atoms with Crippen LogP contribution in [0.15, 0.2) is 19.8 Å². The SMILES string of the molecule is CC(C)C[NH][Zr]([NH]CC(C)C)([NH]CC(C)C)[C]1=[C]([GeH]([CH3])[CH3])C=CC1. The molecular formula is C19H41GeN3Zr. The Morgan fingerprint density at radius 2 is 1.29 bits per heavy atom. The van der Waals surface area contributed by atoms with Crippen molar-refractivity contribution in [3.05, 3.63) is 19.8 Å². The Labute approximate surface area is 161 Å². The molecule has 0 heterocycles. The maximum atomic E-state index is 4.09. The van der Waals surface area contributed by atoms with E-state index in [-0.39, 0.29) is 0 Å². The second-order valence-corrected chi connectivity index (χ2v) is 22.7. The Morgan fingerprint density at radius 3 is 1.62 bits per heavy atom. The van der Waals surface area contributed by atoms with E-state index in [2.05, 4.69) is 75.0 Å². The van der Waals surface area contributed by atoms with Crippen molar-refractivity contribution in [3.8, 4) is 0 Å². The molecule has 0 aromatic heterocycles. The maximum absolute atomic E-state index is 4.09. The second-order valence-electron chi connectivity index (χ2n) is 8.77. The molecule has 1 aliphatic rings. The first-order valence-electron chi connectivity index (χ1n) is 9.83. The van der Waals surface area contributed by atoms with Gasteiger partial charge in [0, 0.05) is 0 Å². The van der Waals surface area contributed by atoms with Gasteiger partial charge in [0.25, 0.3) is 0 Å². The summed E-state index contributed by atoms with van der Waals surface area (Å²) in [5.74, 6) is 7.08. The monoisotopic (exact) mass is 475 g/mol. The van der Waals surface area contributed by atoms with E-state index < -0.39 is 35.5 Å². The molecule has 0 aromatic rings. The molecule has 3 nitrogen and oxygen atoms in total.